The minimum absolute atomic E-state index is 0.365. The SMILES string of the molecule is Fc1cc(OCCN2CCCC2)cc(-c2nccc3[nH]c(-c4n[nH]c5ccc(C6=CCNCC6)cc45)nc23)c1. The Kier molecular flexibility index (Phi) is 6.30. The molecule has 2 aromatic carbocycles. The number of hydrogen-bond donors (Lipinski definition) is 3. The van der Waals surface area contributed by atoms with E-state index in [0.29, 0.717) is 35.0 Å². The Morgan fingerprint density at radius 1 is 0.974 bits per heavy atom. The Hall–Kier alpha value is -4.08. The number of benzene rings is 2. The van der Waals surface area contributed by atoms with E-state index >= 15 is 0 Å². The number of pyridine rings is 1. The normalized spacial score (nSPS) is 16.3. The van der Waals surface area contributed by atoms with Crippen LogP contribution in [0.1, 0.15) is 24.8 Å². The molecule has 1 saturated heterocycles. The zero-order valence-electron chi connectivity index (χ0n) is 21.6. The molecule has 0 radical (unpaired) electrons. The molecule has 1 fully saturated rings. The number of rotatable bonds is 7. The minimum Gasteiger partial charge on any atom is -0.492 e. The van der Waals surface area contributed by atoms with E-state index < -0.39 is 0 Å². The van der Waals surface area contributed by atoms with E-state index in [0.717, 1.165) is 61.3 Å². The van der Waals surface area contributed by atoms with Gasteiger partial charge in [0.1, 0.15) is 29.4 Å². The number of nitrogens with one attached hydrogen (secondary N) is 3. The van der Waals surface area contributed by atoms with Crippen molar-refractivity contribution in [1.82, 2.24) is 35.4 Å². The Labute approximate surface area is 225 Å². The first-order valence-electron chi connectivity index (χ1n) is 13.6. The predicted octanol–water partition coefficient (Wildman–Crippen LogP) is 5.16. The number of aromatic amines is 2. The van der Waals surface area contributed by atoms with E-state index in [1.54, 1.807) is 6.20 Å². The molecule has 0 aliphatic carbocycles. The van der Waals surface area contributed by atoms with Gasteiger partial charge in [-0.05, 0) is 80.4 Å². The summed E-state index contributed by atoms with van der Waals surface area (Å²) in [6, 6.07) is 13.0. The molecule has 198 valence electrons. The molecule has 5 aromatic rings. The summed E-state index contributed by atoms with van der Waals surface area (Å²) in [7, 11) is 0. The van der Waals surface area contributed by atoms with E-state index in [4.69, 9.17) is 9.72 Å². The number of aromatic nitrogens is 5. The summed E-state index contributed by atoms with van der Waals surface area (Å²) >= 11 is 0. The average molecular weight is 524 g/mol. The first-order chi connectivity index (χ1) is 19.2. The first kappa shape index (κ1) is 24.0. The summed E-state index contributed by atoms with van der Waals surface area (Å²) in [5, 5.41) is 12.1. The van der Waals surface area contributed by atoms with Gasteiger partial charge in [0.2, 0.25) is 0 Å². The summed E-state index contributed by atoms with van der Waals surface area (Å²) in [5.74, 6) is 0.772. The van der Waals surface area contributed by atoms with Crippen LogP contribution in [0.4, 0.5) is 4.39 Å². The lowest BCUT2D eigenvalue weighted by Gasteiger charge is -2.15. The van der Waals surface area contributed by atoms with Gasteiger partial charge in [-0.3, -0.25) is 15.0 Å². The van der Waals surface area contributed by atoms with Gasteiger partial charge in [-0.2, -0.15) is 5.10 Å². The van der Waals surface area contributed by atoms with Crippen molar-refractivity contribution in [3.63, 3.8) is 0 Å². The number of halogens is 1. The maximum Gasteiger partial charge on any atom is 0.159 e. The number of likely N-dealkylation sites (tertiary alicyclic amines) is 1. The third kappa shape index (κ3) is 4.79. The van der Waals surface area contributed by atoms with Crippen molar-refractivity contribution in [2.45, 2.75) is 19.3 Å². The molecule has 9 heteroatoms. The number of imidazole rings is 1. The molecule has 0 amide bonds. The highest BCUT2D eigenvalue weighted by Crippen LogP contribution is 2.33. The Morgan fingerprint density at radius 2 is 1.90 bits per heavy atom. The van der Waals surface area contributed by atoms with Crippen LogP contribution in [0.15, 0.2) is 54.7 Å². The smallest absolute Gasteiger partial charge is 0.159 e. The summed E-state index contributed by atoms with van der Waals surface area (Å²) in [6.45, 7) is 5.44. The molecule has 39 heavy (non-hydrogen) atoms. The van der Waals surface area contributed by atoms with Crippen molar-refractivity contribution in [2.75, 3.05) is 39.3 Å². The summed E-state index contributed by atoms with van der Waals surface area (Å²) in [6.07, 6.45) is 7.42. The Balaban J connectivity index is 1.22. The number of H-pyrrole nitrogens is 2. The molecule has 0 atom stereocenters. The van der Waals surface area contributed by atoms with Crippen LogP contribution >= 0.6 is 0 Å². The molecule has 0 saturated carbocycles. The quantitative estimate of drug-likeness (QED) is 0.273. The summed E-state index contributed by atoms with van der Waals surface area (Å²) in [5.41, 5.74) is 6.92. The maximum atomic E-state index is 14.7. The van der Waals surface area contributed by atoms with E-state index in [9.17, 15) is 4.39 Å². The standard InChI is InChI=1S/C30H30FN7O/c31-22-15-21(16-23(18-22)39-14-13-38-11-1-2-12-38)27-29-26(7-10-33-27)34-30(35-29)28-24-17-20(3-4-25(24)36-37-28)19-5-8-32-9-6-19/h3-5,7,10,15-18,32H,1-2,6,8-9,11-14H2,(H,34,35)(H,36,37). The van der Waals surface area contributed by atoms with Gasteiger partial charge in [-0.25, -0.2) is 9.37 Å². The maximum absolute atomic E-state index is 14.7. The second-order valence-electron chi connectivity index (χ2n) is 10.2. The highest BCUT2D eigenvalue weighted by atomic mass is 19.1. The van der Waals surface area contributed by atoms with Crippen LogP contribution in [0.3, 0.4) is 0 Å². The lowest BCUT2D eigenvalue weighted by atomic mass is 9.98. The third-order valence-electron chi connectivity index (χ3n) is 7.64. The van der Waals surface area contributed by atoms with E-state index in [1.165, 1.54) is 36.1 Å². The van der Waals surface area contributed by atoms with E-state index in [1.807, 2.05) is 12.1 Å². The third-order valence-corrected chi connectivity index (χ3v) is 7.64. The van der Waals surface area contributed by atoms with Crippen molar-refractivity contribution in [2.24, 2.45) is 0 Å². The molecule has 3 N–H and O–H groups in total. The average Bonchev–Trinajstić information content (AvgIpc) is 3.72. The zero-order chi connectivity index (χ0) is 26.2. The second kappa shape index (κ2) is 10.2. The van der Waals surface area contributed by atoms with E-state index in [2.05, 4.69) is 54.7 Å². The van der Waals surface area contributed by atoms with Gasteiger partial charge in [0.15, 0.2) is 5.82 Å². The van der Waals surface area contributed by atoms with Crippen molar-refractivity contribution in [3.05, 3.63) is 66.1 Å². The van der Waals surface area contributed by atoms with Crippen molar-refractivity contribution < 1.29 is 9.13 Å². The minimum atomic E-state index is -0.365. The van der Waals surface area contributed by atoms with Crippen LogP contribution in [-0.2, 0) is 0 Å². The lowest BCUT2D eigenvalue weighted by molar-refractivity contribution is 0.237. The second-order valence-corrected chi connectivity index (χ2v) is 10.2. The Morgan fingerprint density at radius 3 is 2.77 bits per heavy atom. The van der Waals surface area contributed by atoms with Crippen LogP contribution in [-0.4, -0.2) is 69.4 Å². The molecular formula is C30H30FN7O. The fourth-order valence-electron chi connectivity index (χ4n) is 5.62. The summed E-state index contributed by atoms with van der Waals surface area (Å²) < 4.78 is 20.6. The van der Waals surface area contributed by atoms with Crippen LogP contribution < -0.4 is 10.1 Å². The molecule has 0 unspecified atom stereocenters. The topological polar surface area (TPSA) is 94.8 Å². The molecular weight excluding hydrogens is 493 g/mol. The molecule has 5 heterocycles. The van der Waals surface area contributed by atoms with Crippen LogP contribution in [0.5, 0.6) is 5.75 Å². The van der Waals surface area contributed by atoms with Crippen molar-refractivity contribution >= 4 is 27.5 Å². The van der Waals surface area contributed by atoms with Gasteiger partial charge in [-0.1, -0.05) is 12.1 Å². The molecule has 0 bridgehead atoms. The largest absolute Gasteiger partial charge is 0.492 e. The van der Waals surface area contributed by atoms with E-state index in [-0.39, 0.29) is 5.82 Å². The molecule has 2 aliphatic heterocycles. The fourth-order valence-corrected chi connectivity index (χ4v) is 5.62. The number of hydrogen-bond acceptors (Lipinski definition) is 6. The van der Waals surface area contributed by atoms with Crippen molar-refractivity contribution in [3.8, 4) is 28.5 Å². The number of ether oxygens (including phenoxy) is 1. The van der Waals surface area contributed by atoms with Crippen molar-refractivity contribution in [1.29, 1.82) is 0 Å². The molecule has 3 aromatic heterocycles. The van der Waals surface area contributed by atoms with Crippen LogP contribution in [0.2, 0.25) is 0 Å². The van der Waals surface area contributed by atoms with Gasteiger partial charge in [0.25, 0.3) is 0 Å². The predicted molar refractivity (Wildman–Crippen MR) is 151 cm³/mol. The molecule has 0 spiro atoms. The zero-order valence-corrected chi connectivity index (χ0v) is 21.6. The highest BCUT2D eigenvalue weighted by molar-refractivity contribution is 5.97. The Bertz CT molecular complexity index is 1680. The lowest BCUT2D eigenvalue weighted by Crippen LogP contribution is -2.25. The molecule has 8 nitrogen and oxygen atoms in total. The van der Waals surface area contributed by atoms with Crippen LogP contribution in [0, 0.1) is 5.82 Å². The van der Waals surface area contributed by atoms with Gasteiger partial charge < -0.3 is 15.0 Å². The van der Waals surface area contributed by atoms with Gasteiger partial charge in [-0.15, -0.1) is 0 Å². The van der Waals surface area contributed by atoms with Crippen LogP contribution in [0.25, 0.3) is 50.3 Å². The van der Waals surface area contributed by atoms with Gasteiger partial charge in [0.05, 0.1) is 16.7 Å². The number of nitrogens with zero attached hydrogens (tertiary/aromatic N) is 4. The highest BCUT2D eigenvalue weighted by Gasteiger charge is 2.18. The molecule has 2 aliphatic rings. The van der Waals surface area contributed by atoms with Gasteiger partial charge >= 0.3 is 0 Å². The summed E-state index contributed by atoms with van der Waals surface area (Å²) in [4.78, 5) is 15.3. The first-order valence-corrected chi connectivity index (χ1v) is 13.6. The number of fused-ring (bicyclic) bond motifs is 2. The fraction of sp³-hybridized carbons (Fsp3) is 0.300. The van der Waals surface area contributed by atoms with Gasteiger partial charge in [0, 0.05) is 36.3 Å². The monoisotopic (exact) mass is 523 g/mol. The molecule has 7 rings (SSSR count).